The average Bonchev–Trinajstić information content (AvgIpc) is 2.88. The molecule has 1 aliphatic heterocycles. The highest BCUT2D eigenvalue weighted by atomic mass is 15.0. The molecule has 2 aromatic rings. The molecular formula is C18H17N. The summed E-state index contributed by atoms with van der Waals surface area (Å²) in [6.07, 6.45) is 3.58. The van der Waals surface area contributed by atoms with Crippen LogP contribution < -0.4 is 5.32 Å². The second-order valence-corrected chi connectivity index (χ2v) is 5.50. The van der Waals surface area contributed by atoms with E-state index in [9.17, 15) is 0 Å². The molecule has 4 rings (SSSR count). The Hall–Kier alpha value is -1.86. The summed E-state index contributed by atoms with van der Waals surface area (Å²) in [6, 6.07) is 20.0. The van der Waals surface area contributed by atoms with Gasteiger partial charge in [0.15, 0.2) is 0 Å². The lowest BCUT2D eigenvalue weighted by atomic mass is 9.82. The summed E-state index contributed by atoms with van der Waals surface area (Å²) in [4.78, 5) is 0. The normalized spacial score (nSPS) is 24.5. The molecule has 2 atom stereocenters. The molecule has 1 heterocycles. The highest BCUT2D eigenvalue weighted by Gasteiger charge is 2.33. The van der Waals surface area contributed by atoms with E-state index < -0.39 is 0 Å². The minimum atomic E-state index is 0.402. The zero-order valence-corrected chi connectivity index (χ0v) is 10.8. The van der Waals surface area contributed by atoms with Crippen LogP contribution in [0.15, 0.2) is 60.2 Å². The van der Waals surface area contributed by atoms with E-state index >= 15 is 0 Å². The summed E-state index contributed by atoms with van der Waals surface area (Å²) < 4.78 is 0. The molecule has 19 heavy (non-hydrogen) atoms. The highest BCUT2D eigenvalue weighted by Crippen LogP contribution is 2.39. The molecule has 0 aromatic heterocycles. The molecular weight excluding hydrogens is 230 g/mol. The highest BCUT2D eigenvalue weighted by molar-refractivity contribution is 5.63. The molecule has 2 unspecified atom stereocenters. The van der Waals surface area contributed by atoms with Crippen LogP contribution >= 0.6 is 0 Å². The van der Waals surface area contributed by atoms with Crippen molar-refractivity contribution in [1.82, 2.24) is 5.32 Å². The molecule has 1 heteroatoms. The molecule has 1 fully saturated rings. The fourth-order valence-electron chi connectivity index (χ4n) is 3.38. The van der Waals surface area contributed by atoms with E-state index in [-0.39, 0.29) is 0 Å². The van der Waals surface area contributed by atoms with Crippen molar-refractivity contribution < 1.29 is 0 Å². The lowest BCUT2D eigenvalue weighted by molar-refractivity contribution is 0.638. The van der Waals surface area contributed by atoms with Gasteiger partial charge in [0, 0.05) is 6.54 Å². The summed E-state index contributed by atoms with van der Waals surface area (Å²) >= 11 is 0. The van der Waals surface area contributed by atoms with Crippen LogP contribution in [0.2, 0.25) is 0 Å². The minimum absolute atomic E-state index is 0.402. The second kappa shape index (κ2) is 4.36. The van der Waals surface area contributed by atoms with Crippen molar-refractivity contribution in [3.8, 4) is 0 Å². The summed E-state index contributed by atoms with van der Waals surface area (Å²) in [7, 11) is 0. The van der Waals surface area contributed by atoms with Gasteiger partial charge in [0.25, 0.3) is 0 Å². The SMILES string of the molecule is C1=C2C(CNC2c2ccccc2)Cc2ccccc21. The van der Waals surface area contributed by atoms with Crippen molar-refractivity contribution in [3.63, 3.8) is 0 Å². The van der Waals surface area contributed by atoms with E-state index in [1.165, 1.54) is 23.1 Å². The van der Waals surface area contributed by atoms with Gasteiger partial charge in [-0.1, -0.05) is 60.7 Å². The molecule has 1 aliphatic carbocycles. The smallest absolute Gasteiger partial charge is 0.0542 e. The van der Waals surface area contributed by atoms with Crippen molar-refractivity contribution in [1.29, 1.82) is 0 Å². The third-order valence-electron chi connectivity index (χ3n) is 4.35. The zero-order valence-electron chi connectivity index (χ0n) is 10.8. The van der Waals surface area contributed by atoms with Crippen LogP contribution in [0.25, 0.3) is 6.08 Å². The van der Waals surface area contributed by atoms with Gasteiger partial charge in [-0.25, -0.2) is 0 Å². The topological polar surface area (TPSA) is 12.0 Å². The van der Waals surface area contributed by atoms with Crippen LogP contribution in [-0.2, 0) is 6.42 Å². The summed E-state index contributed by atoms with van der Waals surface area (Å²) in [5.74, 6) is 0.667. The summed E-state index contributed by atoms with van der Waals surface area (Å²) in [6.45, 7) is 1.10. The second-order valence-electron chi connectivity index (χ2n) is 5.50. The first-order valence-corrected chi connectivity index (χ1v) is 6.99. The molecule has 1 N–H and O–H groups in total. The minimum Gasteiger partial charge on any atom is -0.306 e. The molecule has 0 radical (unpaired) electrons. The predicted octanol–water partition coefficient (Wildman–Crippen LogP) is 3.59. The summed E-state index contributed by atoms with van der Waals surface area (Å²) in [5, 5.41) is 3.68. The van der Waals surface area contributed by atoms with Gasteiger partial charge < -0.3 is 5.32 Å². The molecule has 0 amide bonds. The van der Waals surface area contributed by atoms with Gasteiger partial charge >= 0.3 is 0 Å². The maximum Gasteiger partial charge on any atom is 0.0542 e. The molecule has 0 bridgehead atoms. The van der Waals surface area contributed by atoms with Crippen molar-refractivity contribution in [2.75, 3.05) is 6.54 Å². The molecule has 0 spiro atoms. The van der Waals surface area contributed by atoms with Crippen molar-refractivity contribution in [2.45, 2.75) is 12.5 Å². The van der Waals surface area contributed by atoms with Crippen LogP contribution in [-0.4, -0.2) is 6.54 Å². The van der Waals surface area contributed by atoms with E-state index in [2.05, 4.69) is 66.0 Å². The maximum atomic E-state index is 3.68. The first-order chi connectivity index (χ1) is 9.42. The van der Waals surface area contributed by atoms with Gasteiger partial charge in [-0.3, -0.25) is 0 Å². The van der Waals surface area contributed by atoms with E-state index in [4.69, 9.17) is 0 Å². The van der Waals surface area contributed by atoms with Crippen molar-refractivity contribution in [3.05, 3.63) is 76.9 Å². The van der Waals surface area contributed by atoms with E-state index in [0.717, 1.165) is 6.54 Å². The van der Waals surface area contributed by atoms with Crippen LogP contribution in [0.4, 0.5) is 0 Å². The van der Waals surface area contributed by atoms with Crippen molar-refractivity contribution in [2.24, 2.45) is 5.92 Å². The predicted molar refractivity (Wildman–Crippen MR) is 78.8 cm³/mol. The van der Waals surface area contributed by atoms with Crippen LogP contribution in [0.3, 0.4) is 0 Å². The third kappa shape index (κ3) is 1.82. The van der Waals surface area contributed by atoms with E-state index in [1.54, 1.807) is 5.57 Å². The molecule has 2 aliphatic rings. The van der Waals surface area contributed by atoms with Gasteiger partial charge in [-0.05, 0) is 34.6 Å². The van der Waals surface area contributed by atoms with Crippen LogP contribution in [0, 0.1) is 5.92 Å². The monoisotopic (exact) mass is 247 g/mol. The maximum absolute atomic E-state index is 3.68. The Bertz CT molecular complexity index is 627. The Kier molecular flexibility index (Phi) is 2.52. The molecule has 94 valence electrons. The van der Waals surface area contributed by atoms with Crippen LogP contribution in [0.5, 0.6) is 0 Å². The largest absolute Gasteiger partial charge is 0.306 e. The molecule has 1 saturated heterocycles. The lowest BCUT2D eigenvalue weighted by Gasteiger charge is -2.22. The Balaban J connectivity index is 1.77. The number of nitrogens with one attached hydrogen (secondary N) is 1. The molecule has 1 nitrogen and oxygen atoms in total. The first-order valence-electron chi connectivity index (χ1n) is 6.99. The van der Waals surface area contributed by atoms with Gasteiger partial charge in [0.1, 0.15) is 0 Å². The van der Waals surface area contributed by atoms with Gasteiger partial charge in [-0.2, -0.15) is 0 Å². The Morgan fingerprint density at radius 2 is 1.68 bits per heavy atom. The Morgan fingerprint density at radius 3 is 2.58 bits per heavy atom. The Labute approximate surface area is 114 Å². The first kappa shape index (κ1) is 11.0. The molecule has 0 saturated carbocycles. The number of fused-ring (bicyclic) bond motifs is 2. The van der Waals surface area contributed by atoms with Crippen LogP contribution in [0.1, 0.15) is 22.7 Å². The van der Waals surface area contributed by atoms with Gasteiger partial charge in [0.2, 0.25) is 0 Å². The van der Waals surface area contributed by atoms with E-state index in [1.807, 2.05) is 0 Å². The summed E-state index contributed by atoms with van der Waals surface area (Å²) in [5.41, 5.74) is 5.84. The van der Waals surface area contributed by atoms with Crippen molar-refractivity contribution >= 4 is 6.08 Å². The quantitative estimate of drug-likeness (QED) is 0.812. The number of hydrogen-bond donors (Lipinski definition) is 1. The number of rotatable bonds is 1. The molecule has 2 aromatic carbocycles. The lowest BCUT2D eigenvalue weighted by Crippen LogP contribution is -2.14. The fraction of sp³-hybridized carbons (Fsp3) is 0.222. The average molecular weight is 247 g/mol. The van der Waals surface area contributed by atoms with Gasteiger partial charge in [0.05, 0.1) is 6.04 Å². The Morgan fingerprint density at radius 1 is 0.895 bits per heavy atom. The standard InChI is InChI=1S/C18H17N/c1-2-6-13(7-3-1)18-17-11-15-9-5-4-8-14(15)10-16(17)12-19-18/h1-9,11,16,18-19H,10,12H2. The van der Waals surface area contributed by atoms with Gasteiger partial charge in [-0.15, -0.1) is 0 Å². The zero-order chi connectivity index (χ0) is 12.7. The number of benzene rings is 2. The van der Waals surface area contributed by atoms with E-state index in [0.29, 0.717) is 12.0 Å². The fourth-order valence-corrected chi connectivity index (χ4v) is 3.38. The third-order valence-corrected chi connectivity index (χ3v) is 4.35. The number of hydrogen-bond acceptors (Lipinski definition) is 1.